The number of anilines is 1. The minimum absolute atomic E-state index is 0.0284. The highest BCUT2D eigenvalue weighted by Crippen LogP contribution is 2.31. The molecule has 0 spiro atoms. The van der Waals surface area contributed by atoms with Gasteiger partial charge >= 0.3 is 11.8 Å². The number of nitrogens with two attached hydrogens (primary N) is 1. The van der Waals surface area contributed by atoms with Crippen molar-refractivity contribution >= 4 is 34.9 Å². The first kappa shape index (κ1) is 28.7. The van der Waals surface area contributed by atoms with Crippen LogP contribution in [0.1, 0.15) is 34.8 Å². The van der Waals surface area contributed by atoms with Gasteiger partial charge in [0, 0.05) is 49.5 Å². The van der Waals surface area contributed by atoms with Crippen LogP contribution in [-0.2, 0) is 13.5 Å². The molecule has 0 saturated carbocycles. The van der Waals surface area contributed by atoms with Crippen LogP contribution in [0.25, 0.3) is 11.1 Å². The van der Waals surface area contributed by atoms with Crippen LogP contribution in [0.3, 0.4) is 0 Å². The Morgan fingerprint density at radius 3 is 2.74 bits per heavy atom. The summed E-state index contributed by atoms with van der Waals surface area (Å²) in [6.07, 6.45) is 4.26. The first-order chi connectivity index (χ1) is 20.1. The second-order valence-corrected chi connectivity index (χ2v) is 10.9. The minimum Gasteiger partial charge on any atom is -0.497 e. The van der Waals surface area contributed by atoms with Crippen LogP contribution in [0.2, 0.25) is 0 Å². The number of carbonyl (C=O) groups is 2. The fourth-order valence-electron chi connectivity index (χ4n) is 6.01. The Balaban J connectivity index is 1.30. The van der Waals surface area contributed by atoms with Crippen molar-refractivity contribution in [1.29, 1.82) is 0 Å². The molecule has 2 atom stereocenters. The Kier molecular flexibility index (Phi) is 7.93. The number of rotatable bonds is 7. The van der Waals surface area contributed by atoms with Gasteiger partial charge in [0.15, 0.2) is 11.4 Å². The molecule has 0 bridgehead atoms. The summed E-state index contributed by atoms with van der Waals surface area (Å²) in [5.74, 6) is 0.601. The number of piperidine rings is 1. The molecule has 2 aliphatic rings. The van der Waals surface area contributed by atoms with E-state index in [1.54, 1.807) is 32.4 Å². The number of Topliss-reactive ketones (excluding diaryl/α,β-unsaturated/α-hetero) is 1. The maximum Gasteiger partial charge on any atom is 0.419 e. The van der Waals surface area contributed by atoms with Crippen molar-refractivity contribution in [2.45, 2.75) is 32.7 Å². The van der Waals surface area contributed by atoms with Crippen LogP contribution in [0.5, 0.6) is 5.75 Å². The summed E-state index contributed by atoms with van der Waals surface area (Å²) in [4.78, 5) is 46.9. The Morgan fingerprint density at radius 1 is 1.24 bits per heavy atom. The van der Waals surface area contributed by atoms with Gasteiger partial charge in [-0.15, -0.1) is 0 Å². The quantitative estimate of drug-likeness (QED) is 0.144. The molecule has 1 fully saturated rings. The van der Waals surface area contributed by atoms with E-state index in [0.29, 0.717) is 42.1 Å². The highest BCUT2D eigenvalue weighted by molar-refractivity contribution is 6.11. The Hall–Kier alpha value is -4.80. The monoisotopic (exact) mass is 572 g/mol. The van der Waals surface area contributed by atoms with E-state index in [9.17, 15) is 14.4 Å². The smallest absolute Gasteiger partial charge is 0.419 e. The first-order valence-electron chi connectivity index (χ1n) is 13.9. The van der Waals surface area contributed by atoms with Gasteiger partial charge < -0.3 is 30.0 Å². The molecule has 2 amide bonds. The summed E-state index contributed by atoms with van der Waals surface area (Å²) in [6.45, 7) is 9.76. The number of ketones is 1. The van der Waals surface area contributed by atoms with E-state index < -0.39 is 5.76 Å². The summed E-state index contributed by atoms with van der Waals surface area (Å²) < 4.78 is 12.1. The van der Waals surface area contributed by atoms with Crippen molar-refractivity contribution in [3.8, 4) is 5.75 Å². The zero-order valence-electron chi connectivity index (χ0n) is 24.3. The molecule has 11 heteroatoms. The number of amides is 2. The molecule has 2 unspecified atom stereocenters. The molecule has 5 rings (SSSR count). The maximum atomic E-state index is 13.3. The normalized spacial score (nSPS) is 19.5. The molecule has 220 valence electrons. The lowest BCUT2D eigenvalue weighted by Crippen LogP contribution is -2.52. The molecule has 11 nitrogen and oxygen atoms in total. The second kappa shape index (κ2) is 11.6. The summed E-state index contributed by atoms with van der Waals surface area (Å²) in [7, 11) is 3.26. The van der Waals surface area contributed by atoms with Crippen LogP contribution < -0.4 is 21.5 Å². The summed E-state index contributed by atoms with van der Waals surface area (Å²) in [5, 5.41) is 3.06. The standard InChI is InChI=1S/C31H36N6O5/c1-18-12-22(15-26-28(18)35(4)31(40)42-26)29(38)19(2)13-27(33-17-32)36-10-9-25(20(3)16-36)37-11-8-21-14-23(41-5)6-7-24(21)34-30(37)39/h6-7,12-15,17,20,25H,2,8-11,16H2,1,3-5H3,(H2,32,33)(H,34,39)/b27-13+. The second-order valence-electron chi connectivity index (χ2n) is 10.9. The summed E-state index contributed by atoms with van der Waals surface area (Å²) >= 11 is 0. The molecule has 0 radical (unpaired) electrons. The number of aliphatic imine (C=N–C) groups is 1. The lowest BCUT2D eigenvalue weighted by atomic mass is 9.92. The minimum atomic E-state index is -0.490. The molecule has 42 heavy (non-hydrogen) atoms. The number of ether oxygens (including phenoxy) is 1. The molecule has 1 aromatic heterocycles. The van der Waals surface area contributed by atoms with E-state index in [0.717, 1.165) is 35.4 Å². The highest BCUT2D eigenvalue weighted by Gasteiger charge is 2.35. The molecule has 3 N–H and O–H groups in total. The van der Waals surface area contributed by atoms with Gasteiger partial charge in [-0.2, -0.15) is 0 Å². The number of urea groups is 1. The third-order valence-electron chi connectivity index (χ3n) is 8.16. The molecule has 1 saturated heterocycles. The topological polar surface area (TPSA) is 135 Å². The SMILES string of the molecule is C=C(/C=C(\N=C/N)N1CCC(N2CCc3cc(OC)ccc3NC2=O)C(C)C1)C(=O)c1cc(C)c2c(c1)oc(=O)n2C. The average molecular weight is 573 g/mol. The van der Waals surface area contributed by atoms with E-state index in [1.807, 2.05) is 30.0 Å². The van der Waals surface area contributed by atoms with Gasteiger partial charge in [0.25, 0.3) is 0 Å². The van der Waals surface area contributed by atoms with Crippen molar-refractivity contribution in [3.05, 3.63) is 81.6 Å². The Morgan fingerprint density at radius 2 is 2.02 bits per heavy atom. The van der Waals surface area contributed by atoms with E-state index in [2.05, 4.69) is 28.7 Å². The van der Waals surface area contributed by atoms with E-state index in [1.165, 1.54) is 10.9 Å². The number of aromatic nitrogens is 1. The lowest BCUT2D eigenvalue weighted by molar-refractivity contribution is 0.101. The predicted molar refractivity (Wildman–Crippen MR) is 162 cm³/mol. The maximum absolute atomic E-state index is 13.3. The van der Waals surface area contributed by atoms with Gasteiger partial charge in [0.2, 0.25) is 0 Å². The van der Waals surface area contributed by atoms with Crippen molar-refractivity contribution < 1.29 is 18.7 Å². The van der Waals surface area contributed by atoms with Crippen LogP contribution in [0.15, 0.2) is 68.6 Å². The number of aryl methyl sites for hydroxylation is 2. The third kappa shape index (κ3) is 5.41. The van der Waals surface area contributed by atoms with Crippen molar-refractivity contribution in [2.24, 2.45) is 23.7 Å². The first-order valence-corrected chi connectivity index (χ1v) is 13.9. The molecule has 0 aliphatic carbocycles. The Bertz CT molecular complexity index is 1680. The molecule has 2 aliphatic heterocycles. The van der Waals surface area contributed by atoms with E-state index in [-0.39, 0.29) is 29.3 Å². The number of methoxy groups -OCH3 is 1. The van der Waals surface area contributed by atoms with Crippen molar-refractivity contribution in [1.82, 2.24) is 14.4 Å². The van der Waals surface area contributed by atoms with Crippen LogP contribution in [0, 0.1) is 12.8 Å². The van der Waals surface area contributed by atoms with Gasteiger partial charge in [-0.25, -0.2) is 14.6 Å². The summed E-state index contributed by atoms with van der Waals surface area (Å²) in [6, 6.07) is 8.90. The number of hydrogen-bond acceptors (Lipinski definition) is 7. The van der Waals surface area contributed by atoms with Gasteiger partial charge in [0.05, 0.1) is 19.0 Å². The Labute approximate surface area is 243 Å². The van der Waals surface area contributed by atoms with Gasteiger partial charge in [-0.3, -0.25) is 9.36 Å². The number of likely N-dealkylation sites (tertiary alicyclic amines) is 1. The number of nitrogens with zero attached hydrogens (tertiary/aromatic N) is 4. The van der Waals surface area contributed by atoms with Gasteiger partial charge in [-0.1, -0.05) is 13.5 Å². The lowest BCUT2D eigenvalue weighted by Gasteiger charge is -2.43. The molecular formula is C31H36N6O5. The molecular weight excluding hydrogens is 536 g/mol. The van der Waals surface area contributed by atoms with Crippen LogP contribution in [-0.4, -0.2) is 65.3 Å². The van der Waals surface area contributed by atoms with Crippen molar-refractivity contribution in [3.63, 3.8) is 0 Å². The van der Waals surface area contributed by atoms with E-state index in [4.69, 9.17) is 14.9 Å². The number of hydrogen-bond donors (Lipinski definition) is 2. The van der Waals surface area contributed by atoms with Crippen molar-refractivity contribution in [2.75, 3.05) is 32.1 Å². The molecule has 3 heterocycles. The average Bonchev–Trinajstić information content (AvgIpc) is 3.15. The van der Waals surface area contributed by atoms with Gasteiger partial charge in [-0.05, 0) is 73.2 Å². The fourth-order valence-corrected chi connectivity index (χ4v) is 6.01. The zero-order valence-corrected chi connectivity index (χ0v) is 24.3. The van der Waals surface area contributed by atoms with Gasteiger partial charge in [0.1, 0.15) is 11.6 Å². The predicted octanol–water partition coefficient (Wildman–Crippen LogP) is 3.82. The van der Waals surface area contributed by atoms with E-state index >= 15 is 0 Å². The largest absolute Gasteiger partial charge is 0.497 e. The number of nitrogens with one attached hydrogen (secondary N) is 1. The van der Waals surface area contributed by atoms with Crippen LogP contribution >= 0.6 is 0 Å². The number of benzene rings is 2. The number of carbonyl (C=O) groups excluding carboxylic acids is 2. The number of oxazole rings is 1. The fraction of sp³-hybridized carbons (Fsp3) is 0.355. The van der Waals surface area contributed by atoms with Crippen LogP contribution in [0.4, 0.5) is 10.5 Å². The highest BCUT2D eigenvalue weighted by atomic mass is 16.5. The molecule has 3 aromatic rings. The molecule has 2 aromatic carbocycles. The number of fused-ring (bicyclic) bond motifs is 2. The summed E-state index contributed by atoms with van der Waals surface area (Å²) in [5.41, 5.74) is 9.87. The third-order valence-corrected chi connectivity index (χ3v) is 8.16. The number of allylic oxidation sites excluding steroid dienone is 2. The zero-order chi connectivity index (χ0) is 30.1.